The van der Waals surface area contributed by atoms with Crippen LogP contribution in [0.25, 0.3) is 0 Å². The van der Waals surface area contributed by atoms with Crippen molar-refractivity contribution in [3.05, 3.63) is 0 Å². The van der Waals surface area contributed by atoms with Crippen molar-refractivity contribution in [3.63, 3.8) is 0 Å². The van der Waals surface area contributed by atoms with Gasteiger partial charge >= 0.3 is 0 Å². The highest BCUT2D eigenvalue weighted by atomic mass is 16.8. The molecule has 0 bridgehead atoms. The Morgan fingerprint density at radius 2 is 0.574 bits per heavy atom. The minimum absolute atomic E-state index is 0.0102. The van der Waals surface area contributed by atoms with Gasteiger partial charge in [0.05, 0.1) is 33.0 Å². The highest BCUT2D eigenvalue weighted by Gasteiger charge is 2.58. The minimum Gasteiger partial charge on any atom is -0.394 e. The first kappa shape index (κ1) is 57.9. The van der Waals surface area contributed by atoms with Gasteiger partial charge in [-0.2, -0.15) is 0 Å². The molecule has 5 rings (SSSR count). The van der Waals surface area contributed by atoms with Crippen LogP contribution in [0.3, 0.4) is 0 Å². The molecule has 5 aliphatic heterocycles. The molecule has 400 valence electrons. The third kappa shape index (κ3) is 12.6. The largest absolute Gasteiger partial charge is 0.394 e. The van der Waals surface area contributed by atoms with Crippen molar-refractivity contribution in [2.45, 2.75) is 154 Å². The second-order valence-corrected chi connectivity index (χ2v) is 16.7. The van der Waals surface area contributed by atoms with Crippen molar-refractivity contribution in [2.75, 3.05) is 118 Å². The summed E-state index contributed by atoms with van der Waals surface area (Å²) in [5.74, 6) is 0. The van der Waals surface area contributed by atoms with E-state index in [1.165, 1.54) is 85.3 Å². The molecule has 0 spiro atoms. The molecule has 5 heterocycles. The molecule has 0 aromatic rings. The Hall–Kier alpha value is -1.04. The van der Waals surface area contributed by atoms with Crippen molar-refractivity contribution >= 4 is 0 Å². The Morgan fingerprint density at radius 1 is 0.294 bits per heavy atom. The van der Waals surface area contributed by atoms with Crippen molar-refractivity contribution < 1.29 is 125 Å². The van der Waals surface area contributed by atoms with Crippen molar-refractivity contribution in [2.24, 2.45) is 0 Å². The van der Waals surface area contributed by atoms with E-state index in [1.54, 1.807) is 0 Å². The predicted octanol–water partition coefficient (Wildman–Crippen LogP) is -4.08. The van der Waals surface area contributed by atoms with Crippen LogP contribution in [0.5, 0.6) is 0 Å². The first-order valence-electron chi connectivity index (χ1n) is 22.2. The Labute approximate surface area is 396 Å². The first-order chi connectivity index (χ1) is 32.8. The fraction of sp³-hybridized carbons (Fsp3) is 1.00. The zero-order valence-corrected chi connectivity index (χ0v) is 40.8. The summed E-state index contributed by atoms with van der Waals surface area (Å²) in [7, 11) is 17.5. The maximum absolute atomic E-state index is 10.8. The molecular weight excluding hydrogens is 920 g/mol. The van der Waals surface area contributed by atoms with Gasteiger partial charge < -0.3 is 125 Å². The van der Waals surface area contributed by atoms with Crippen molar-refractivity contribution in [3.8, 4) is 0 Å². The smallest absolute Gasteiger partial charge is 0.187 e. The Morgan fingerprint density at radius 3 is 0.868 bits per heavy atom. The van der Waals surface area contributed by atoms with Gasteiger partial charge in [0.1, 0.15) is 122 Å². The molecule has 26 heteroatoms. The van der Waals surface area contributed by atoms with Gasteiger partial charge in [0.2, 0.25) is 0 Å². The van der Waals surface area contributed by atoms with Gasteiger partial charge in [0.25, 0.3) is 0 Å². The molecule has 5 saturated heterocycles. The van der Waals surface area contributed by atoms with Crippen LogP contribution >= 0.6 is 0 Å². The van der Waals surface area contributed by atoms with Crippen LogP contribution in [0.15, 0.2) is 0 Å². The number of rotatable bonds is 25. The first-order valence-corrected chi connectivity index (χ1v) is 22.2. The zero-order valence-electron chi connectivity index (χ0n) is 40.8. The van der Waals surface area contributed by atoms with E-state index < -0.39 is 160 Å². The van der Waals surface area contributed by atoms with Crippen LogP contribution in [0.4, 0.5) is 0 Å². The van der Waals surface area contributed by atoms with E-state index in [0.29, 0.717) is 0 Å². The van der Waals surface area contributed by atoms with E-state index in [0.717, 1.165) is 0 Å². The summed E-state index contributed by atoms with van der Waals surface area (Å²) in [4.78, 5) is 0. The van der Waals surface area contributed by atoms with Crippen molar-refractivity contribution in [1.82, 2.24) is 0 Å². The maximum Gasteiger partial charge on any atom is 0.187 e. The highest BCUT2D eigenvalue weighted by Crippen LogP contribution is 2.39. The molecule has 0 radical (unpaired) electrons. The number of methoxy groups -OCH3 is 12. The molecular formula is C42H76O26. The summed E-state index contributed by atoms with van der Waals surface area (Å²) < 4.78 is 127. The van der Waals surface area contributed by atoms with Crippen LogP contribution in [0.2, 0.25) is 0 Å². The van der Waals surface area contributed by atoms with Crippen LogP contribution in [0.1, 0.15) is 0 Å². The average Bonchev–Trinajstić information content (AvgIpc) is 3.33. The second kappa shape index (κ2) is 27.9. The molecule has 0 saturated carbocycles. The molecule has 0 aliphatic carbocycles. The van der Waals surface area contributed by atoms with Gasteiger partial charge in [-0.25, -0.2) is 0 Å². The number of hydrogen-bond acceptors (Lipinski definition) is 26. The molecule has 25 atom stereocenters. The molecule has 4 unspecified atom stereocenters. The minimum atomic E-state index is -1.71. The lowest BCUT2D eigenvalue weighted by atomic mass is 9.94. The molecule has 0 aromatic carbocycles. The number of hydrogen-bond donors (Lipinski definition) is 5. The van der Waals surface area contributed by atoms with Gasteiger partial charge in [-0.05, 0) is 0 Å². The summed E-state index contributed by atoms with van der Waals surface area (Å²) in [6.45, 7) is -0.764. The standard InChI is InChI=1S/C42H76O26/c1-48-14-19-26(30(52-5)34(56-9)38(47)60-19)66-40-36(58-11)32(54-7)28(21(63-40)16-50-3)68-42-37(59-12)33(55-8)29(22(64-42)17-51-4)67-41-35(57-10)31(53-6)27(20(62-41)15-49-2)65-39-25(46)24(45)23(44)18(13-43)61-39/h18-47H,13-17H2,1-12H3/t18-,19-,20-,21-,22-,23-,24+,25-,26-,27-,28-,29-,30+,31+,32+,33+,34-,35-,36-,37-,38?,39+,40?,41?,42?/m1/s1. The van der Waals surface area contributed by atoms with Gasteiger partial charge in [0, 0.05) is 85.3 Å². The van der Waals surface area contributed by atoms with Crippen LogP contribution < -0.4 is 0 Å². The van der Waals surface area contributed by atoms with E-state index in [-0.39, 0.29) is 26.4 Å². The third-order valence-corrected chi connectivity index (χ3v) is 12.9. The fourth-order valence-electron chi connectivity index (χ4n) is 9.58. The van der Waals surface area contributed by atoms with E-state index in [9.17, 15) is 25.5 Å². The van der Waals surface area contributed by atoms with Gasteiger partial charge in [-0.1, -0.05) is 0 Å². The van der Waals surface area contributed by atoms with E-state index in [4.69, 9.17) is 99.5 Å². The third-order valence-electron chi connectivity index (χ3n) is 12.9. The van der Waals surface area contributed by atoms with Crippen molar-refractivity contribution in [1.29, 1.82) is 0 Å². The number of aliphatic hydroxyl groups excluding tert-OH is 5. The topological polar surface area (TPSA) is 295 Å². The summed E-state index contributed by atoms with van der Waals surface area (Å²) in [6.07, 6.45) is -27.8. The summed E-state index contributed by atoms with van der Waals surface area (Å²) >= 11 is 0. The van der Waals surface area contributed by atoms with E-state index in [2.05, 4.69) is 0 Å². The van der Waals surface area contributed by atoms with Gasteiger partial charge in [-0.3, -0.25) is 0 Å². The summed E-state index contributed by atoms with van der Waals surface area (Å²) in [6, 6.07) is 0. The second-order valence-electron chi connectivity index (χ2n) is 16.7. The van der Waals surface area contributed by atoms with E-state index in [1.807, 2.05) is 0 Å². The molecule has 5 N–H and O–H groups in total. The number of ether oxygens (including phenoxy) is 21. The lowest BCUT2D eigenvalue weighted by Crippen LogP contribution is -2.69. The van der Waals surface area contributed by atoms with Crippen LogP contribution in [-0.4, -0.2) is 297 Å². The monoisotopic (exact) mass is 996 g/mol. The molecule has 0 aromatic heterocycles. The molecule has 5 aliphatic rings. The SMILES string of the molecule is COC[C@H]1OC(O)[C@H](OC)[C@@H](OC)[C@@H]1OC1O[C@H](COC)[C@@H](OC2O[C@H](COC)[C@@H](OC3O[C@H](COC)[C@@H](O[C@@H]4O[C@H](CO)[C@@H](O)[C@H](O)[C@H]4O)[C@H](OC)[C@H]3OC)[C@H](OC)[C@H]2OC)[C@H](OC)[C@H]1OC. The van der Waals surface area contributed by atoms with Crippen LogP contribution in [0, 0.1) is 0 Å². The molecule has 0 amide bonds. The molecule has 26 nitrogen and oxygen atoms in total. The lowest BCUT2D eigenvalue weighted by Gasteiger charge is -2.52. The average molecular weight is 997 g/mol. The van der Waals surface area contributed by atoms with E-state index >= 15 is 0 Å². The van der Waals surface area contributed by atoms with Gasteiger partial charge in [0.15, 0.2) is 31.5 Å². The Balaban J connectivity index is 1.40. The highest BCUT2D eigenvalue weighted by molar-refractivity contribution is 5.01. The lowest BCUT2D eigenvalue weighted by molar-refractivity contribution is -0.398. The maximum atomic E-state index is 10.8. The summed E-state index contributed by atoms with van der Waals surface area (Å²) in [5, 5.41) is 52.2. The van der Waals surface area contributed by atoms with Crippen LogP contribution in [-0.2, 0) is 99.5 Å². The zero-order chi connectivity index (χ0) is 49.8. The quantitative estimate of drug-likeness (QED) is 0.0581. The number of aliphatic hydroxyl groups is 5. The predicted molar refractivity (Wildman–Crippen MR) is 224 cm³/mol. The fourth-order valence-corrected chi connectivity index (χ4v) is 9.58. The Bertz CT molecular complexity index is 1410. The summed E-state index contributed by atoms with van der Waals surface area (Å²) in [5.41, 5.74) is 0. The molecule has 5 fully saturated rings. The van der Waals surface area contributed by atoms with Gasteiger partial charge in [-0.15, -0.1) is 0 Å². The Kier molecular flexibility index (Phi) is 23.7. The normalized spacial score (nSPS) is 45.9. The molecule has 68 heavy (non-hydrogen) atoms.